The summed E-state index contributed by atoms with van der Waals surface area (Å²) in [4.78, 5) is 24.5. The van der Waals surface area contributed by atoms with E-state index in [1.165, 1.54) is 23.5 Å². The van der Waals surface area contributed by atoms with E-state index in [-0.39, 0.29) is 11.5 Å². The second kappa shape index (κ2) is 5.23. The number of thiazole rings is 1. The molecule has 0 unspecified atom stereocenters. The van der Waals surface area contributed by atoms with Crippen molar-refractivity contribution in [1.29, 1.82) is 0 Å². The predicted octanol–water partition coefficient (Wildman–Crippen LogP) is 2.36. The van der Waals surface area contributed by atoms with Gasteiger partial charge in [-0.3, -0.25) is 9.20 Å². The van der Waals surface area contributed by atoms with E-state index in [1.54, 1.807) is 12.1 Å². The number of hydrogen-bond donors (Lipinski definition) is 2. The van der Waals surface area contributed by atoms with Crippen LogP contribution in [0, 0.1) is 13.8 Å². The van der Waals surface area contributed by atoms with Crippen molar-refractivity contribution < 1.29 is 14.7 Å². The Kier molecular flexibility index (Phi) is 3.38. The van der Waals surface area contributed by atoms with Gasteiger partial charge in [-0.2, -0.15) is 0 Å². The van der Waals surface area contributed by atoms with Gasteiger partial charge in [0.2, 0.25) is 4.96 Å². The molecule has 1 amide bonds. The SMILES string of the molecule is Cc1nnc2sc(C(=O)Nc3cccc(C(=O)O)c3)c(C)n12. The lowest BCUT2D eigenvalue weighted by Gasteiger charge is -2.05. The average Bonchev–Trinajstić information content (AvgIpc) is 3.00. The summed E-state index contributed by atoms with van der Waals surface area (Å²) in [6.07, 6.45) is 0. The van der Waals surface area contributed by atoms with Gasteiger partial charge in [0.1, 0.15) is 10.7 Å². The van der Waals surface area contributed by atoms with Gasteiger partial charge in [-0.25, -0.2) is 4.79 Å². The zero-order chi connectivity index (χ0) is 15.9. The van der Waals surface area contributed by atoms with Crippen LogP contribution in [0.15, 0.2) is 24.3 Å². The number of aryl methyl sites for hydroxylation is 2. The molecule has 2 aromatic heterocycles. The van der Waals surface area contributed by atoms with Gasteiger partial charge in [0.15, 0.2) is 0 Å². The maximum Gasteiger partial charge on any atom is 0.335 e. The maximum absolute atomic E-state index is 12.4. The highest BCUT2D eigenvalue weighted by Crippen LogP contribution is 2.24. The van der Waals surface area contributed by atoms with Crippen LogP contribution in [0.4, 0.5) is 5.69 Å². The van der Waals surface area contributed by atoms with E-state index in [2.05, 4.69) is 15.5 Å². The first-order valence-corrected chi connectivity index (χ1v) is 7.25. The molecule has 1 aromatic carbocycles. The molecule has 112 valence electrons. The second-order valence-corrected chi connectivity index (χ2v) is 5.70. The molecular weight excluding hydrogens is 304 g/mol. The molecule has 2 N–H and O–H groups in total. The molecule has 0 saturated carbocycles. The average molecular weight is 316 g/mol. The molecular formula is C14H12N4O3S. The number of carboxylic acids is 1. The van der Waals surface area contributed by atoms with Gasteiger partial charge < -0.3 is 10.4 Å². The van der Waals surface area contributed by atoms with Gasteiger partial charge in [0.05, 0.1) is 5.56 Å². The first kappa shape index (κ1) is 14.2. The van der Waals surface area contributed by atoms with Gasteiger partial charge >= 0.3 is 5.97 Å². The molecule has 8 heteroatoms. The number of benzene rings is 1. The Morgan fingerprint density at radius 2 is 2.05 bits per heavy atom. The van der Waals surface area contributed by atoms with Gasteiger partial charge in [-0.15, -0.1) is 10.2 Å². The fraction of sp³-hybridized carbons (Fsp3) is 0.143. The van der Waals surface area contributed by atoms with Crippen LogP contribution in [-0.4, -0.2) is 31.6 Å². The van der Waals surface area contributed by atoms with Gasteiger partial charge in [0, 0.05) is 11.4 Å². The summed E-state index contributed by atoms with van der Waals surface area (Å²) in [6.45, 7) is 3.64. The number of hydrogen-bond acceptors (Lipinski definition) is 5. The van der Waals surface area contributed by atoms with Gasteiger partial charge in [-0.05, 0) is 32.0 Å². The monoisotopic (exact) mass is 316 g/mol. The highest BCUT2D eigenvalue weighted by atomic mass is 32.1. The summed E-state index contributed by atoms with van der Waals surface area (Å²) in [5.74, 6) is -0.616. The minimum atomic E-state index is -1.04. The van der Waals surface area contributed by atoms with E-state index >= 15 is 0 Å². The van der Waals surface area contributed by atoms with Gasteiger partial charge in [-0.1, -0.05) is 17.4 Å². The van der Waals surface area contributed by atoms with Crippen LogP contribution in [0.1, 0.15) is 31.5 Å². The predicted molar refractivity (Wildman–Crippen MR) is 81.7 cm³/mol. The molecule has 0 fully saturated rings. The van der Waals surface area contributed by atoms with E-state index in [0.717, 1.165) is 11.5 Å². The first-order valence-electron chi connectivity index (χ1n) is 6.43. The molecule has 0 spiro atoms. The maximum atomic E-state index is 12.4. The third-order valence-electron chi connectivity index (χ3n) is 3.23. The molecule has 3 aromatic rings. The molecule has 2 heterocycles. The number of amides is 1. The lowest BCUT2D eigenvalue weighted by molar-refractivity contribution is 0.0696. The quantitative estimate of drug-likeness (QED) is 0.773. The molecule has 0 saturated heterocycles. The number of anilines is 1. The number of nitrogens with zero attached hydrogens (tertiary/aromatic N) is 3. The number of nitrogens with one attached hydrogen (secondary N) is 1. The van der Waals surface area contributed by atoms with Crippen molar-refractivity contribution in [1.82, 2.24) is 14.6 Å². The Morgan fingerprint density at radius 3 is 2.73 bits per heavy atom. The molecule has 0 atom stereocenters. The Morgan fingerprint density at radius 1 is 1.27 bits per heavy atom. The van der Waals surface area contributed by atoms with E-state index in [9.17, 15) is 9.59 Å². The Bertz CT molecular complexity index is 897. The van der Waals surface area contributed by atoms with Crippen molar-refractivity contribution in [3.63, 3.8) is 0 Å². The number of aromatic nitrogens is 3. The fourth-order valence-corrected chi connectivity index (χ4v) is 3.20. The molecule has 0 bridgehead atoms. The lowest BCUT2D eigenvalue weighted by atomic mass is 10.2. The van der Waals surface area contributed by atoms with Crippen molar-refractivity contribution in [2.45, 2.75) is 13.8 Å². The van der Waals surface area contributed by atoms with Crippen molar-refractivity contribution in [2.75, 3.05) is 5.32 Å². The Labute approximate surface area is 129 Å². The number of carbonyl (C=O) groups excluding carboxylic acids is 1. The van der Waals surface area contributed by atoms with E-state index in [0.29, 0.717) is 15.5 Å². The first-order chi connectivity index (χ1) is 10.5. The fourth-order valence-electron chi connectivity index (χ4n) is 2.19. The summed E-state index contributed by atoms with van der Waals surface area (Å²) >= 11 is 1.24. The van der Waals surface area contributed by atoms with Crippen LogP contribution in [0.3, 0.4) is 0 Å². The molecule has 0 aliphatic carbocycles. The molecule has 0 aliphatic heterocycles. The van der Waals surface area contributed by atoms with Crippen LogP contribution in [0.25, 0.3) is 4.96 Å². The van der Waals surface area contributed by atoms with E-state index in [1.807, 2.05) is 18.2 Å². The van der Waals surface area contributed by atoms with Crippen LogP contribution < -0.4 is 5.32 Å². The van der Waals surface area contributed by atoms with Crippen LogP contribution >= 0.6 is 11.3 Å². The normalized spacial score (nSPS) is 10.8. The highest BCUT2D eigenvalue weighted by Gasteiger charge is 2.18. The van der Waals surface area contributed by atoms with Crippen LogP contribution in [0.2, 0.25) is 0 Å². The zero-order valence-electron chi connectivity index (χ0n) is 11.8. The van der Waals surface area contributed by atoms with Crippen molar-refractivity contribution in [3.8, 4) is 0 Å². The summed E-state index contributed by atoms with van der Waals surface area (Å²) in [5.41, 5.74) is 1.31. The van der Waals surface area contributed by atoms with Crippen LogP contribution in [0.5, 0.6) is 0 Å². The molecule has 7 nitrogen and oxygen atoms in total. The summed E-state index contributed by atoms with van der Waals surface area (Å²) < 4.78 is 1.81. The minimum absolute atomic E-state index is 0.121. The topological polar surface area (TPSA) is 96.6 Å². The largest absolute Gasteiger partial charge is 0.478 e. The molecule has 0 radical (unpaired) electrons. The second-order valence-electron chi connectivity index (χ2n) is 4.72. The Balaban J connectivity index is 1.92. The molecule has 3 rings (SSSR count). The van der Waals surface area contributed by atoms with Crippen molar-refractivity contribution >= 4 is 33.9 Å². The highest BCUT2D eigenvalue weighted by molar-refractivity contribution is 7.19. The van der Waals surface area contributed by atoms with Gasteiger partial charge in [0.25, 0.3) is 5.91 Å². The summed E-state index contributed by atoms with van der Waals surface area (Å²) in [7, 11) is 0. The van der Waals surface area contributed by atoms with E-state index in [4.69, 9.17) is 5.11 Å². The molecule has 0 aliphatic rings. The number of rotatable bonds is 3. The third-order valence-corrected chi connectivity index (χ3v) is 4.36. The van der Waals surface area contributed by atoms with Crippen LogP contribution in [-0.2, 0) is 0 Å². The number of aromatic carboxylic acids is 1. The Hall–Kier alpha value is -2.74. The van der Waals surface area contributed by atoms with E-state index < -0.39 is 5.97 Å². The summed E-state index contributed by atoms with van der Waals surface area (Å²) in [6, 6.07) is 6.12. The number of fused-ring (bicyclic) bond motifs is 1. The third kappa shape index (κ3) is 2.33. The van der Waals surface area contributed by atoms with Crippen molar-refractivity contribution in [3.05, 3.63) is 46.2 Å². The number of carboxylic acid groups (broad SMARTS) is 1. The summed E-state index contributed by atoms with van der Waals surface area (Å²) in [5, 5.41) is 19.6. The zero-order valence-corrected chi connectivity index (χ0v) is 12.6. The van der Waals surface area contributed by atoms with Crippen molar-refractivity contribution in [2.24, 2.45) is 0 Å². The minimum Gasteiger partial charge on any atom is -0.478 e. The lowest BCUT2D eigenvalue weighted by Crippen LogP contribution is -2.12. The smallest absolute Gasteiger partial charge is 0.335 e. The standard InChI is InChI=1S/C14H12N4O3S/c1-7-11(22-14-17-16-8(2)18(7)14)12(19)15-10-5-3-4-9(6-10)13(20)21/h3-6H,1-2H3,(H,15,19)(H,20,21). The molecule has 22 heavy (non-hydrogen) atoms. The number of carbonyl (C=O) groups is 2.